The number of aliphatic carboxylic acids is 1. The number of hydrogen-bond acceptors (Lipinski definition) is 50. The average Bonchev–Trinajstić information content (AvgIpc) is 0.784. The Morgan fingerprint density at radius 1 is 0.467 bits per heavy atom. The van der Waals surface area contributed by atoms with Crippen molar-refractivity contribution in [1.29, 1.82) is 0 Å². The van der Waals surface area contributed by atoms with E-state index in [2.05, 4.69) is 19.9 Å². The molecule has 51 heteroatoms. The Kier molecular flexibility index (Phi) is 38.9. The highest BCUT2D eigenvalue weighted by atomic mass is 16.8. The van der Waals surface area contributed by atoms with E-state index in [4.69, 9.17) is 94.7 Å². The molecule has 0 aromatic heterocycles. The van der Waals surface area contributed by atoms with Gasteiger partial charge in [0.1, 0.15) is 176 Å². The molecule has 150 heavy (non-hydrogen) atoms. The van der Waals surface area contributed by atoms with Gasteiger partial charge in [-0.3, -0.25) is 14.4 Å². The Morgan fingerprint density at radius 2 is 0.967 bits per heavy atom. The fraction of sp³-hybridized carbons (Fsp3) is 0.929. The average molecular weight is 2170 g/mol. The zero-order valence-corrected chi connectivity index (χ0v) is 86.3. The van der Waals surface area contributed by atoms with E-state index in [0.717, 1.165) is 11.9 Å². The van der Waals surface area contributed by atoms with Crippen molar-refractivity contribution in [3.8, 4) is 0 Å². The van der Waals surface area contributed by atoms with Crippen LogP contribution < -0.4 is 0 Å². The van der Waals surface area contributed by atoms with Gasteiger partial charge in [0.15, 0.2) is 68.6 Å². The molecular weight excluding hydrogens is 2010 g/mol. The molecule has 4 saturated carbocycles. The second kappa shape index (κ2) is 48.3. The predicted molar refractivity (Wildman–Crippen MR) is 495 cm³/mol. The monoisotopic (exact) mass is 2160 g/mol. The van der Waals surface area contributed by atoms with Crippen LogP contribution in [0.25, 0.3) is 0 Å². The van der Waals surface area contributed by atoms with Gasteiger partial charge in [-0.25, -0.2) is 4.79 Å². The smallest absolute Gasteiger partial charge is 0.335 e. The van der Waals surface area contributed by atoms with Gasteiger partial charge in [0.05, 0.1) is 107 Å². The van der Waals surface area contributed by atoms with Crippen LogP contribution in [-0.4, -0.2) is 491 Å². The highest BCUT2D eigenvalue weighted by Gasteiger charge is 2.74. The number of aliphatic hydroxyl groups is 25. The Morgan fingerprint density at radius 3 is 1.55 bits per heavy atom. The van der Waals surface area contributed by atoms with Gasteiger partial charge in [0, 0.05) is 12.8 Å². The third-order valence-electron chi connectivity index (χ3n) is 35.7. The summed E-state index contributed by atoms with van der Waals surface area (Å²) in [5.74, 6) is -7.68. The lowest BCUT2D eigenvalue weighted by molar-refractivity contribution is -0.396. The first-order valence-corrected chi connectivity index (χ1v) is 52.3. The maximum absolute atomic E-state index is 16.7. The molecule has 51 nitrogen and oxygen atoms in total. The number of aliphatic hydroxyl groups excluding tert-OH is 24. The lowest BCUT2D eigenvalue weighted by atomic mass is 9.33. The van der Waals surface area contributed by atoms with Crippen molar-refractivity contribution in [1.82, 2.24) is 0 Å². The maximum atomic E-state index is 16.7. The van der Waals surface area contributed by atoms with Crippen LogP contribution in [0, 0.1) is 62.1 Å². The molecule has 57 unspecified atom stereocenters. The Labute approximate surface area is 865 Å². The number of aldehydes is 1. The molecule has 0 amide bonds. The SMILES string of the molecule is CCC(C)C(CC(O)CC(=O)OC1C(C)OC(OC(=O)C23CCC(C)(C)CC2C2=CCC4C5(C)CCC(OC6OC(C(=O)O)C(O)C(OC7OC(C)C(O)C(O)C7O)C6OC6OC(CO)C(O)C(O)C6O)C(C)(C=O)C5CCC4(C)C2(C)CC3O)C(OC2OC(C)C(OC3OCC(O)C(OC4OCC(O)(CO)C4O)C3O)C(OC3OC(CO)C(O)C(O)C3O)C2O)C1O)OC(=O)CC(O)CC(OC1OC(CO)C(O)C1O)C(C)CC. The molecule has 862 valence electrons. The quantitative estimate of drug-likeness (QED) is 0.00898. The van der Waals surface area contributed by atoms with E-state index in [1.165, 1.54) is 20.8 Å². The molecule has 0 spiro atoms. The van der Waals surface area contributed by atoms with Crippen molar-refractivity contribution in [3.63, 3.8) is 0 Å². The van der Waals surface area contributed by atoms with Gasteiger partial charge in [-0.15, -0.1) is 0 Å². The van der Waals surface area contributed by atoms with Gasteiger partial charge in [-0.2, -0.15) is 0 Å². The van der Waals surface area contributed by atoms with Crippen molar-refractivity contribution < 1.29 is 251 Å². The van der Waals surface area contributed by atoms with E-state index in [0.29, 0.717) is 32.1 Å². The van der Waals surface area contributed by atoms with Crippen LogP contribution in [0.4, 0.5) is 0 Å². The number of ether oxygens (including phenoxy) is 20. The molecule has 9 saturated heterocycles. The summed E-state index contributed by atoms with van der Waals surface area (Å²) in [5.41, 5.74) is -8.20. The molecule has 0 aromatic rings. The molecule has 57 atom stereocenters. The molecule has 5 aliphatic carbocycles. The minimum Gasteiger partial charge on any atom is -0.479 e. The first-order valence-electron chi connectivity index (χ1n) is 52.3. The van der Waals surface area contributed by atoms with E-state index in [-0.39, 0.29) is 56.8 Å². The number of carboxylic acids is 1. The van der Waals surface area contributed by atoms with Crippen LogP contribution in [0.1, 0.15) is 186 Å². The minimum absolute atomic E-state index is 0.00389. The summed E-state index contributed by atoms with van der Waals surface area (Å²) >= 11 is 0. The summed E-state index contributed by atoms with van der Waals surface area (Å²) in [6, 6.07) is 0. The fourth-order valence-corrected chi connectivity index (χ4v) is 25.8. The van der Waals surface area contributed by atoms with Crippen LogP contribution >= 0.6 is 0 Å². The van der Waals surface area contributed by atoms with Gasteiger partial charge < -0.3 is 232 Å². The third-order valence-corrected chi connectivity index (χ3v) is 35.7. The van der Waals surface area contributed by atoms with Crippen LogP contribution in [0.2, 0.25) is 0 Å². The number of fused-ring (bicyclic) bond motifs is 7. The lowest BCUT2D eigenvalue weighted by Crippen LogP contribution is -2.69. The van der Waals surface area contributed by atoms with Crippen molar-refractivity contribution in [3.05, 3.63) is 11.6 Å². The molecule has 0 bridgehead atoms. The first-order chi connectivity index (χ1) is 70.4. The normalized spacial score (nSPS) is 49.4. The number of hydrogen-bond donors (Lipinski definition) is 26. The summed E-state index contributed by atoms with van der Waals surface area (Å²) in [4.78, 5) is 72.9. The van der Waals surface area contributed by atoms with Crippen molar-refractivity contribution in [2.75, 3.05) is 39.6 Å². The summed E-state index contributed by atoms with van der Waals surface area (Å²) in [6.07, 6.45) is -81.6. The topological polar surface area (TPSA) is 796 Å². The molecule has 26 N–H and O–H groups in total. The van der Waals surface area contributed by atoms with Crippen LogP contribution in [0.15, 0.2) is 11.6 Å². The minimum atomic E-state index is -2.39. The standard InChI is InChI=1S/C99H160O51/c1-14-37(3)47(136-56(109)26-43(106)25-48(38(4)15-2)137-85-65(118)61(114)51(32-102)138-85)24-42(105)27-57(110)142-73-40(6)135-89(79(69(73)122)148-88-72(125)77(146-86-67(120)63(116)59(112)49(30-100)139-86)74(41(7)134-88)143-83-71(124)75(46(107)33-131-83)144-91-81(126)98(130,35-104)36-132-91)150-92(129)99-23-22-93(8,9)28-45(99)44-16-17-53-94(10)20-19-55(95(11,34-103)52(94)18-21-96(53,12)97(44,13)29-54(99)108)141-90-80(149-87-68(121)64(117)60(113)50(31-101)140-87)76(70(123)78(147-90)82(127)128)145-84-66(119)62(115)58(111)39(5)133-84/h16,34,37-43,45-55,58-81,83-91,100-102,104-108,111-126,130H,14-15,17-33,35-36H2,1-13H3,(H,127,128). The van der Waals surface area contributed by atoms with Crippen LogP contribution in [0.3, 0.4) is 0 Å². The first kappa shape index (κ1) is 121. The van der Waals surface area contributed by atoms with E-state index in [1.54, 1.807) is 27.7 Å². The molecule has 9 heterocycles. The summed E-state index contributed by atoms with van der Waals surface area (Å²) in [6.45, 7) is 17.9. The van der Waals surface area contributed by atoms with E-state index >= 15 is 4.79 Å². The molecule has 13 fully saturated rings. The Hall–Kier alpha value is -4.39. The summed E-state index contributed by atoms with van der Waals surface area (Å²) < 4.78 is 122. The number of esters is 3. The molecule has 14 aliphatic rings. The highest BCUT2D eigenvalue weighted by molar-refractivity contribution is 5.80. The molecule has 14 rings (SSSR count). The zero-order chi connectivity index (χ0) is 110. The van der Waals surface area contributed by atoms with E-state index < -0.39 is 421 Å². The van der Waals surface area contributed by atoms with Gasteiger partial charge in [-0.05, 0) is 130 Å². The zero-order valence-electron chi connectivity index (χ0n) is 86.3. The molecule has 9 aliphatic heterocycles. The van der Waals surface area contributed by atoms with Crippen molar-refractivity contribution in [2.45, 2.75) is 474 Å². The number of carbonyl (C=O) groups excluding carboxylic acids is 4. The molecular formula is C99H160O51. The fourth-order valence-electron chi connectivity index (χ4n) is 25.8. The van der Waals surface area contributed by atoms with Gasteiger partial charge in [0.25, 0.3) is 0 Å². The van der Waals surface area contributed by atoms with Gasteiger partial charge in [-0.1, -0.05) is 93.7 Å². The molecule has 0 radical (unpaired) electrons. The largest absolute Gasteiger partial charge is 0.479 e. The Balaban J connectivity index is 0.750. The lowest BCUT2D eigenvalue weighted by Gasteiger charge is -2.71. The van der Waals surface area contributed by atoms with Gasteiger partial charge in [0.2, 0.25) is 6.29 Å². The number of allylic oxidation sites excluding steroid dienone is 2. The Bertz CT molecular complexity index is 4490. The van der Waals surface area contributed by atoms with Crippen LogP contribution in [0.5, 0.6) is 0 Å². The predicted octanol–water partition coefficient (Wildman–Crippen LogP) is -7.47. The second-order valence-corrected chi connectivity index (χ2v) is 45.8. The van der Waals surface area contributed by atoms with Crippen molar-refractivity contribution >= 4 is 30.2 Å². The summed E-state index contributed by atoms with van der Waals surface area (Å²) in [7, 11) is 0. The highest BCUT2D eigenvalue weighted by Crippen LogP contribution is 2.76. The maximum Gasteiger partial charge on any atom is 0.335 e. The van der Waals surface area contributed by atoms with E-state index in [1.807, 2.05) is 27.7 Å². The number of carbonyl (C=O) groups is 5. The van der Waals surface area contributed by atoms with Crippen LogP contribution in [-0.2, 0) is 119 Å². The summed E-state index contributed by atoms with van der Waals surface area (Å²) in [5, 5.41) is 292. The number of rotatable bonds is 38. The third kappa shape index (κ3) is 23.4. The van der Waals surface area contributed by atoms with E-state index in [9.17, 15) is 152 Å². The van der Waals surface area contributed by atoms with Gasteiger partial charge >= 0.3 is 23.9 Å². The van der Waals surface area contributed by atoms with Crippen molar-refractivity contribution in [2.24, 2.45) is 62.1 Å². The number of carboxylic acid groups (broad SMARTS) is 1. The molecule has 0 aromatic carbocycles. The second-order valence-electron chi connectivity index (χ2n) is 45.8.